The van der Waals surface area contributed by atoms with Crippen LogP contribution >= 0.6 is 15.9 Å². The monoisotopic (exact) mass is 312 g/mol. The number of rotatable bonds is 3. The summed E-state index contributed by atoms with van der Waals surface area (Å²) >= 11 is 3.07. The van der Waals surface area contributed by atoms with E-state index in [1.165, 1.54) is 6.07 Å². The summed E-state index contributed by atoms with van der Waals surface area (Å²) in [6, 6.07) is 4.97. The molecule has 2 unspecified atom stereocenters. The van der Waals surface area contributed by atoms with Gasteiger partial charge in [0, 0.05) is 5.92 Å². The van der Waals surface area contributed by atoms with Gasteiger partial charge in [0.15, 0.2) is 11.6 Å². The van der Waals surface area contributed by atoms with E-state index in [1.54, 1.807) is 6.07 Å². The molecule has 1 saturated carbocycles. The minimum Gasteiger partial charge on any atom is -0.487 e. The lowest BCUT2D eigenvalue weighted by molar-refractivity contribution is 0.155. The second-order valence-corrected chi connectivity index (χ2v) is 5.23. The van der Waals surface area contributed by atoms with Gasteiger partial charge in [0.05, 0.1) is 10.0 Å². The average molecular weight is 313 g/mol. The van der Waals surface area contributed by atoms with Crippen LogP contribution in [0.15, 0.2) is 16.6 Å². The molecule has 2 N–H and O–H groups in total. The van der Waals surface area contributed by atoms with Crippen molar-refractivity contribution in [3.05, 3.63) is 28.0 Å². The van der Waals surface area contributed by atoms with E-state index >= 15 is 0 Å². The zero-order chi connectivity index (χ0) is 13.1. The highest BCUT2D eigenvalue weighted by Gasteiger charge is 2.28. The van der Waals surface area contributed by atoms with Crippen molar-refractivity contribution in [3.63, 3.8) is 0 Å². The van der Waals surface area contributed by atoms with Crippen LogP contribution in [-0.2, 0) is 0 Å². The summed E-state index contributed by atoms with van der Waals surface area (Å²) in [4.78, 5) is 0. The maximum absolute atomic E-state index is 14.0. The standard InChI is InChI=1S/C13H14BrFN2O/c14-12-9(7-17)4-5-11(13(12)15)18-10-3-1-2-8(10)6-16/h4-5,8,10H,1-3,6,16H2. The first-order valence-corrected chi connectivity index (χ1v) is 6.71. The summed E-state index contributed by atoms with van der Waals surface area (Å²) in [6.07, 6.45) is 2.97. The van der Waals surface area contributed by atoms with Crippen LogP contribution in [0.25, 0.3) is 0 Å². The van der Waals surface area contributed by atoms with Crippen molar-refractivity contribution < 1.29 is 9.13 Å². The summed E-state index contributed by atoms with van der Waals surface area (Å²) in [5.74, 6) is -0.0400. The Balaban J connectivity index is 2.20. The molecule has 1 aromatic carbocycles. The van der Waals surface area contributed by atoms with Crippen LogP contribution in [-0.4, -0.2) is 12.6 Å². The van der Waals surface area contributed by atoms with Gasteiger partial charge in [0.2, 0.25) is 0 Å². The number of ether oxygens (including phenoxy) is 1. The lowest BCUT2D eigenvalue weighted by Crippen LogP contribution is -2.28. The molecule has 3 nitrogen and oxygen atoms in total. The van der Waals surface area contributed by atoms with Gasteiger partial charge < -0.3 is 10.5 Å². The van der Waals surface area contributed by atoms with E-state index in [4.69, 9.17) is 15.7 Å². The third-order valence-electron chi connectivity index (χ3n) is 3.34. The maximum Gasteiger partial charge on any atom is 0.180 e. The topological polar surface area (TPSA) is 59.0 Å². The third kappa shape index (κ3) is 2.50. The first-order chi connectivity index (χ1) is 8.67. The Bertz CT molecular complexity index is 487. The summed E-state index contributed by atoms with van der Waals surface area (Å²) in [5.41, 5.74) is 5.93. The highest BCUT2D eigenvalue weighted by atomic mass is 79.9. The molecular formula is C13H14BrFN2O. The normalized spacial score (nSPS) is 22.8. The minimum atomic E-state index is -0.517. The fraction of sp³-hybridized carbons (Fsp3) is 0.462. The van der Waals surface area contributed by atoms with Crippen LogP contribution < -0.4 is 10.5 Å². The summed E-state index contributed by atoms with van der Waals surface area (Å²) in [5, 5.41) is 8.79. The van der Waals surface area contributed by atoms with Gasteiger partial charge >= 0.3 is 0 Å². The van der Waals surface area contributed by atoms with Crippen molar-refractivity contribution in [3.8, 4) is 11.8 Å². The molecule has 2 rings (SSSR count). The Morgan fingerprint density at radius 3 is 2.94 bits per heavy atom. The molecule has 0 aliphatic heterocycles. The van der Waals surface area contributed by atoms with Gasteiger partial charge in [0.1, 0.15) is 12.2 Å². The molecule has 18 heavy (non-hydrogen) atoms. The number of hydrogen-bond acceptors (Lipinski definition) is 3. The van der Waals surface area contributed by atoms with E-state index in [0.29, 0.717) is 12.5 Å². The molecule has 0 spiro atoms. The second kappa shape index (κ2) is 5.68. The number of hydrogen-bond donors (Lipinski definition) is 1. The van der Waals surface area contributed by atoms with Gasteiger partial charge in [-0.25, -0.2) is 4.39 Å². The van der Waals surface area contributed by atoms with Crippen molar-refractivity contribution in [2.24, 2.45) is 11.7 Å². The van der Waals surface area contributed by atoms with Gasteiger partial charge in [-0.2, -0.15) is 5.26 Å². The Labute approximate surface area is 114 Å². The Kier molecular flexibility index (Phi) is 4.20. The van der Waals surface area contributed by atoms with E-state index in [0.717, 1.165) is 19.3 Å². The zero-order valence-electron chi connectivity index (χ0n) is 9.83. The fourth-order valence-corrected chi connectivity index (χ4v) is 2.72. The molecular weight excluding hydrogens is 299 g/mol. The zero-order valence-corrected chi connectivity index (χ0v) is 11.4. The maximum atomic E-state index is 14.0. The third-order valence-corrected chi connectivity index (χ3v) is 4.11. The summed E-state index contributed by atoms with van der Waals surface area (Å²) in [6.45, 7) is 0.559. The highest BCUT2D eigenvalue weighted by molar-refractivity contribution is 9.10. The minimum absolute atomic E-state index is 0.0238. The van der Waals surface area contributed by atoms with E-state index in [-0.39, 0.29) is 21.9 Å². The molecule has 1 aromatic rings. The Morgan fingerprint density at radius 2 is 2.28 bits per heavy atom. The molecule has 1 aliphatic carbocycles. The van der Waals surface area contributed by atoms with Crippen LogP contribution in [0.4, 0.5) is 4.39 Å². The predicted octanol–water partition coefficient (Wildman–Crippen LogP) is 2.97. The van der Waals surface area contributed by atoms with Crippen molar-refractivity contribution in [1.82, 2.24) is 0 Å². The SMILES string of the molecule is N#Cc1ccc(OC2CCCC2CN)c(F)c1Br. The van der Waals surface area contributed by atoms with Crippen LogP contribution in [0.3, 0.4) is 0 Å². The number of nitriles is 1. The Morgan fingerprint density at radius 1 is 1.50 bits per heavy atom. The number of halogens is 2. The van der Waals surface area contributed by atoms with Crippen LogP contribution in [0.1, 0.15) is 24.8 Å². The molecule has 0 saturated heterocycles. The van der Waals surface area contributed by atoms with Gasteiger partial charge in [-0.15, -0.1) is 0 Å². The van der Waals surface area contributed by atoms with Gasteiger partial charge in [-0.05, 0) is 53.9 Å². The molecule has 1 fully saturated rings. The van der Waals surface area contributed by atoms with Crippen LogP contribution in [0, 0.1) is 23.1 Å². The molecule has 0 amide bonds. The second-order valence-electron chi connectivity index (χ2n) is 4.43. The number of nitrogens with zero attached hydrogens (tertiary/aromatic N) is 1. The van der Waals surface area contributed by atoms with Crippen molar-refractivity contribution in [1.29, 1.82) is 5.26 Å². The smallest absolute Gasteiger partial charge is 0.180 e. The van der Waals surface area contributed by atoms with Gasteiger partial charge in [-0.1, -0.05) is 0 Å². The highest BCUT2D eigenvalue weighted by Crippen LogP contribution is 2.33. The first-order valence-electron chi connectivity index (χ1n) is 5.92. The summed E-state index contributed by atoms with van der Waals surface area (Å²) in [7, 11) is 0. The molecule has 5 heteroatoms. The van der Waals surface area contributed by atoms with Crippen molar-refractivity contribution >= 4 is 15.9 Å². The summed E-state index contributed by atoms with van der Waals surface area (Å²) < 4.78 is 19.8. The van der Waals surface area contributed by atoms with E-state index in [1.807, 2.05) is 6.07 Å². The van der Waals surface area contributed by atoms with E-state index in [2.05, 4.69) is 15.9 Å². The first kappa shape index (κ1) is 13.3. The molecule has 0 heterocycles. The molecule has 0 radical (unpaired) electrons. The predicted molar refractivity (Wildman–Crippen MR) is 69.6 cm³/mol. The van der Waals surface area contributed by atoms with Gasteiger partial charge in [-0.3, -0.25) is 0 Å². The number of nitrogens with two attached hydrogens (primary N) is 1. The molecule has 0 bridgehead atoms. The van der Waals surface area contributed by atoms with Crippen molar-refractivity contribution in [2.45, 2.75) is 25.4 Å². The Hall–Kier alpha value is -1.12. The molecule has 2 atom stereocenters. The molecule has 1 aliphatic rings. The number of benzene rings is 1. The lowest BCUT2D eigenvalue weighted by atomic mass is 10.1. The largest absolute Gasteiger partial charge is 0.487 e. The molecule has 0 aromatic heterocycles. The van der Waals surface area contributed by atoms with Crippen LogP contribution in [0.5, 0.6) is 5.75 Å². The van der Waals surface area contributed by atoms with Gasteiger partial charge in [0.25, 0.3) is 0 Å². The van der Waals surface area contributed by atoms with Crippen molar-refractivity contribution in [2.75, 3.05) is 6.54 Å². The quantitative estimate of drug-likeness (QED) is 0.933. The molecule has 96 valence electrons. The van der Waals surface area contributed by atoms with Crippen LogP contribution in [0.2, 0.25) is 0 Å². The van der Waals surface area contributed by atoms with E-state index in [9.17, 15) is 4.39 Å². The lowest BCUT2D eigenvalue weighted by Gasteiger charge is -2.20. The fourth-order valence-electron chi connectivity index (χ4n) is 2.30. The van der Waals surface area contributed by atoms with E-state index < -0.39 is 5.82 Å². The average Bonchev–Trinajstić information content (AvgIpc) is 2.82.